The lowest BCUT2D eigenvalue weighted by Gasteiger charge is -2.20. The molecule has 3 heterocycles. The van der Waals surface area contributed by atoms with Crippen molar-refractivity contribution in [3.8, 4) is 0 Å². The molecular weight excluding hydrogens is 439 g/mol. The molecule has 2 aromatic heterocycles. The van der Waals surface area contributed by atoms with E-state index in [1.807, 2.05) is 26.0 Å². The number of hydrogen-bond donors (Lipinski definition) is 0. The minimum atomic E-state index is -0.329. The Kier molecular flexibility index (Phi) is 4.87. The Morgan fingerprint density at radius 3 is 2.50 bits per heavy atom. The van der Waals surface area contributed by atoms with Crippen molar-refractivity contribution >= 4 is 74.5 Å². The molecule has 0 N–H and O–H groups in total. The van der Waals surface area contributed by atoms with E-state index in [0.717, 1.165) is 23.1 Å². The van der Waals surface area contributed by atoms with E-state index >= 15 is 0 Å². The summed E-state index contributed by atoms with van der Waals surface area (Å²) in [6.45, 7) is 3.78. The van der Waals surface area contributed by atoms with Crippen LogP contribution in [0.5, 0.6) is 0 Å². The molecule has 1 aromatic carbocycles. The zero-order chi connectivity index (χ0) is 20.2. The van der Waals surface area contributed by atoms with Gasteiger partial charge in [0.2, 0.25) is 0 Å². The molecule has 4 rings (SSSR count). The average Bonchev–Trinajstić information content (AvgIpc) is 3.09. The standard InChI is InChI=1S/C19H12Cl2N2O3S2/c1-9-3-4-10(2)22(9)23-18(25)15(28-19(23)27)5-11-8-26-17-13(16(11)24)6-12(20)7-14(17)21/h3-8H,1-2H3/b15-5-. The molecule has 0 spiro atoms. The zero-order valence-corrected chi connectivity index (χ0v) is 17.8. The van der Waals surface area contributed by atoms with Gasteiger partial charge >= 0.3 is 0 Å². The van der Waals surface area contributed by atoms with Gasteiger partial charge in [-0.3, -0.25) is 14.3 Å². The first-order chi connectivity index (χ1) is 13.3. The van der Waals surface area contributed by atoms with Gasteiger partial charge in [0.1, 0.15) is 6.26 Å². The number of fused-ring (bicyclic) bond motifs is 1. The number of aromatic nitrogens is 1. The molecule has 1 aliphatic rings. The van der Waals surface area contributed by atoms with Crippen LogP contribution in [0.4, 0.5) is 0 Å². The third-order valence-electron chi connectivity index (χ3n) is 4.31. The quantitative estimate of drug-likeness (QED) is 0.403. The van der Waals surface area contributed by atoms with Crippen LogP contribution in [0.3, 0.4) is 0 Å². The van der Waals surface area contributed by atoms with Gasteiger partial charge in [-0.25, -0.2) is 0 Å². The van der Waals surface area contributed by atoms with Crippen LogP contribution in [0.2, 0.25) is 10.0 Å². The smallest absolute Gasteiger partial charge is 0.285 e. The first kappa shape index (κ1) is 19.3. The third-order valence-corrected chi connectivity index (χ3v) is 6.09. The van der Waals surface area contributed by atoms with E-state index in [1.54, 1.807) is 4.68 Å². The number of amides is 1. The molecule has 0 aliphatic carbocycles. The van der Waals surface area contributed by atoms with Gasteiger partial charge in [-0.15, -0.1) is 0 Å². The minimum absolute atomic E-state index is 0.215. The van der Waals surface area contributed by atoms with Crippen molar-refractivity contribution in [2.24, 2.45) is 0 Å². The average molecular weight is 451 g/mol. The number of nitrogens with zero attached hydrogens (tertiary/aromatic N) is 2. The van der Waals surface area contributed by atoms with Crippen molar-refractivity contribution in [2.75, 3.05) is 5.01 Å². The number of aryl methyl sites for hydroxylation is 2. The fraction of sp³-hybridized carbons (Fsp3) is 0.105. The van der Waals surface area contributed by atoms with Crippen LogP contribution in [0.15, 0.2) is 44.6 Å². The number of rotatable bonds is 2. The summed E-state index contributed by atoms with van der Waals surface area (Å²) in [6, 6.07) is 6.80. The molecular formula is C19H12Cl2N2O3S2. The monoisotopic (exact) mass is 450 g/mol. The molecule has 0 radical (unpaired) electrons. The summed E-state index contributed by atoms with van der Waals surface area (Å²) < 4.78 is 7.65. The van der Waals surface area contributed by atoms with Crippen LogP contribution in [0.1, 0.15) is 17.0 Å². The molecule has 0 saturated carbocycles. The SMILES string of the molecule is Cc1ccc(C)n1N1C(=O)/C(=C/c2coc3c(Cl)cc(Cl)cc3c2=O)SC1=S. The molecule has 5 nitrogen and oxygen atoms in total. The van der Waals surface area contributed by atoms with Gasteiger partial charge < -0.3 is 4.42 Å². The number of halogens is 2. The van der Waals surface area contributed by atoms with Gasteiger partial charge in [0, 0.05) is 16.4 Å². The van der Waals surface area contributed by atoms with Gasteiger partial charge in [0.25, 0.3) is 5.91 Å². The summed E-state index contributed by atoms with van der Waals surface area (Å²) in [5, 5.41) is 2.24. The van der Waals surface area contributed by atoms with E-state index in [1.165, 1.54) is 29.5 Å². The highest BCUT2D eigenvalue weighted by atomic mass is 35.5. The van der Waals surface area contributed by atoms with E-state index < -0.39 is 0 Å². The predicted molar refractivity (Wildman–Crippen MR) is 118 cm³/mol. The van der Waals surface area contributed by atoms with Gasteiger partial charge in [-0.05, 0) is 56.4 Å². The van der Waals surface area contributed by atoms with Crippen LogP contribution in [-0.4, -0.2) is 14.9 Å². The lowest BCUT2D eigenvalue weighted by Crippen LogP contribution is -2.39. The summed E-state index contributed by atoms with van der Waals surface area (Å²) in [7, 11) is 0. The summed E-state index contributed by atoms with van der Waals surface area (Å²) in [4.78, 5) is 26.1. The topological polar surface area (TPSA) is 55.5 Å². The third kappa shape index (κ3) is 3.08. The maximum absolute atomic E-state index is 13.0. The first-order valence-corrected chi connectivity index (χ1v) is 10.1. The van der Waals surface area contributed by atoms with E-state index in [-0.39, 0.29) is 32.9 Å². The highest BCUT2D eigenvalue weighted by Crippen LogP contribution is 2.33. The van der Waals surface area contributed by atoms with Gasteiger partial charge in [0.05, 0.1) is 20.9 Å². The van der Waals surface area contributed by atoms with Crippen molar-refractivity contribution in [3.63, 3.8) is 0 Å². The van der Waals surface area contributed by atoms with Gasteiger partial charge in [-0.1, -0.05) is 35.0 Å². The Balaban J connectivity index is 1.80. The van der Waals surface area contributed by atoms with Crippen LogP contribution >= 0.6 is 47.2 Å². The van der Waals surface area contributed by atoms with Crippen molar-refractivity contribution in [2.45, 2.75) is 13.8 Å². The van der Waals surface area contributed by atoms with Crippen LogP contribution in [0, 0.1) is 13.8 Å². The van der Waals surface area contributed by atoms with Crippen LogP contribution in [-0.2, 0) is 4.79 Å². The van der Waals surface area contributed by atoms with Crippen molar-refractivity contribution in [1.82, 2.24) is 4.68 Å². The number of thiocarbonyl (C=S) groups is 1. The Bertz CT molecular complexity index is 1240. The molecule has 142 valence electrons. The van der Waals surface area contributed by atoms with Crippen molar-refractivity contribution in [1.29, 1.82) is 0 Å². The number of benzene rings is 1. The largest absolute Gasteiger partial charge is 0.462 e. The predicted octanol–water partition coefficient (Wildman–Crippen LogP) is 5.06. The summed E-state index contributed by atoms with van der Waals surface area (Å²) in [5.41, 5.74) is 1.89. The molecule has 3 aromatic rings. The highest BCUT2D eigenvalue weighted by Gasteiger charge is 2.35. The molecule has 28 heavy (non-hydrogen) atoms. The Morgan fingerprint density at radius 2 is 1.82 bits per heavy atom. The highest BCUT2D eigenvalue weighted by molar-refractivity contribution is 8.27. The van der Waals surface area contributed by atoms with Crippen LogP contribution in [0.25, 0.3) is 17.0 Å². The number of carbonyl (C=O) groups is 1. The van der Waals surface area contributed by atoms with Gasteiger partial charge in [0.15, 0.2) is 15.3 Å². The van der Waals surface area contributed by atoms with E-state index in [0.29, 0.717) is 14.2 Å². The first-order valence-electron chi connectivity index (χ1n) is 8.11. The molecule has 0 bridgehead atoms. The molecule has 9 heteroatoms. The molecule has 1 fully saturated rings. The van der Waals surface area contributed by atoms with Crippen molar-refractivity contribution < 1.29 is 9.21 Å². The lowest BCUT2D eigenvalue weighted by atomic mass is 10.1. The Morgan fingerprint density at radius 1 is 1.14 bits per heavy atom. The zero-order valence-electron chi connectivity index (χ0n) is 14.7. The van der Waals surface area contributed by atoms with E-state index in [2.05, 4.69) is 0 Å². The minimum Gasteiger partial charge on any atom is -0.462 e. The van der Waals surface area contributed by atoms with Gasteiger partial charge in [-0.2, -0.15) is 5.01 Å². The lowest BCUT2D eigenvalue weighted by molar-refractivity contribution is -0.114. The number of carbonyl (C=O) groups excluding carboxylic acids is 1. The van der Waals surface area contributed by atoms with Crippen LogP contribution < -0.4 is 10.4 Å². The molecule has 0 unspecified atom stereocenters. The second-order valence-electron chi connectivity index (χ2n) is 6.21. The molecule has 1 aliphatic heterocycles. The summed E-state index contributed by atoms with van der Waals surface area (Å²) in [6.07, 6.45) is 2.76. The molecule has 1 saturated heterocycles. The molecule has 1 amide bonds. The maximum atomic E-state index is 13.0. The fourth-order valence-corrected chi connectivity index (χ4v) is 4.80. The normalized spacial score (nSPS) is 16.0. The fourth-order valence-electron chi connectivity index (χ4n) is 3.03. The second kappa shape index (κ2) is 7.08. The summed E-state index contributed by atoms with van der Waals surface area (Å²) >= 11 is 18.6. The Hall–Kier alpha value is -2.06. The van der Waals surface area contributed by atoms with E-state index in [4.69, 9.17) is 39.8 Å². The second-order valence-corrected chi connectivity index (χ2v) is 8.73. The summed E-state index contributed by atoms with van der Waals surface area (Å²) in [5.74, 6) is -0.305. The maximum Gasteiger partial charge on any atom is 0.285 e. The molecule has 0 atom stereocenters. The number of thioether (sulfide) groups is 1. The number of hydrogen-bond acceptors (Lipinski definition) is 5. The van der Waals surface area contributed by atoms with E-state index in [9.17, 15) is 9.59 Å². The van der Waals surface area contributed by atoms with Crippen molar-refractivity contribution in [3.05, 3.63) is 72.7 Å². The Labute approximate surface area is 179 Å².